The lowest BCUT2D eigenvalue weighted by Crippen LogP contribution is -2.36. The molecule has 2 atom stereocenters. The maximum atomic E-state index is 13.7. The van der Waals surface area contributed by atoms with Crippen LogP contribution in [0.1, 0.15) is 45.3 Å². The first kappa shape index (κ1) is 16.4. The number of aliphatic hydroxyl groups excluding tert-OH is 1. The smallest absolute Gasteiger partial charge is 0.260 e. The standard InChI is InChI=1S/C15H22FNO3/c1-4-5-8-17-15(19)11(3)20-12-6-7-13(10(2)18)14(16)9-12/h6-7,9-11,18H,4-5,8H2,1-3H3,(H,17,19). The van der Waals surface area contributed by atoms with Gasteiger partial charge >= 0.3 is 0 Å². The summed E-state index contributed by atoms with van der Waals surface area (Å²) in [5, 5.41) is 12.1. The Bertz CT molecular complexity index is 449. The van der Waals surface area contributed by atoms with Gasteiger partial charge in [0.15, 0.2) is 6.10 Å². The first-order valence-electron chi connectivity index (χ1n) is 6.87. The largest absolute Gasteiger partial charge is 0.481 e. The van der Waals surface area contributed by atoms with Gasteiger partial charge in [-0.2, -0.15) is 0 Å². The van der Waals surface area contributed by atoms with Gasteiger partial charge in [0.05, 0.1) is 6.10 Å². The number of halogens is 1. The summed E-state index contributed by atoms with van der Waals surface area (Å²) in [6, 6.07) is 4.18. The zero-order valence-corrected chi connectivity index (χ0v) is 12.1. The number of carbonyl (C=O) groups is 1. The van der Waals surface area contributed by atoms with Crippen LogP contribution in [-0.2, 0) is 4.79 Å². The van der Waals surface area contributed by atoms with Crippen molar-refractivity contribution < 1.29 is 19.0 Å². The Hall–Kier alpha value is -1.62. The fraction of sp³-hybridized carbons (Fsp3) is 0.533. The van der Waals surface area contributed by atoms with Gasteiger partial charge in [0.2, 0.25) is 0 Å². The summed E-state index contributed by atoms with van der Waals surface area (Å²) < 4.78 is 19.0. The van der Waals surface area contributed by atoms with Gasteiger partial charge in [-0.05, 0) is 32.4 Å². The zero-order chi connectivity index (χ0) is 15.1. The zero-order valence-electron chi connectivity index (χ0n) is 12.1. The molecule has 1 aromatic carbocycles. The van der Waals surface area contributed by atoms with Crippen LogP contribution in [0.3, 0.4) is 0 Å². The van der Waals surface area contributed by atoms with Crippen molar-refractivity contribution in [2.75, 3.05) is 6.54 Å². The van der Waals surface area contributed by atoms with Crippen LogP contribution in [0.15, 0.2) is 18.2 Å². The summed E-state index contributed by atoms with van der Waals surface area (Å²) in [6.07, 6.45) is 0.347. The van der Waals surface area contributed by atoms with E-state index < -0.39 is 18.0 Å². The van der Waals surface area contributed by atoms with Crippen molar-refractivity contribution in [1.82, 2.24) is 5.32 Å². The Labute approximate surface area is 119 Å². The molecule has 0 spiro atoms. The molecule has 112 valence electrons. The molecular formula is C15H22FNO3. The molecule has 2 unspecified atom stereocenters. The normalized spacial score (nSPS) is 13.7. The Morgan fingerprint density at radius 2 is 2.15 bits per heavy atom. The van der Waals surface area contributed by atoms with E-state index in [4.69, 9.17) is 4.74 Å². The van der Waals surface area contributed by atoms with Gasteiger partial charge in [0.1, 0.15) is 11.6 Å². The van der Waals surface area contributed by atoms with Gasteiger partial charge in [-0.1, -0.05) is 13.3 Å². The minimum absolute atomic E-state index is 0.206. The molecule has 0 heterocycles. The molecule has 1 amide bonds. The molecule has 0 aliphatic carbocycles. The number of hydrogen-bond donors (Lipinski definition) is 2. The molecule has 0 radical (unpaired) electrons. The van der Waals surface area contributed by atoms with Gasteiger partial charge in [-0.15, -0.1) is 0 Å². The molecule has 5 heteroatoms. The molecule has 0 fully saturated rings. The molecule has 0 bridgehead atoms. The maximum Gasteiger partial charge on any atom is 0.260 e. The SMILES string of the molecule is CCCCNC(=O)C(C)Oc1ccc(C(C)O)c(F)c1. The van der Waals surface area contributed by atoms with Crippen LogP contribution in [0.5, 0.6) is 5.75 Å². The molecule has 20 heavy (non-hydrogen) atoms. The van der Waals surface area contributed by atoms with Crippen LogP contribution in [0.2, 0.25) is 0 Å². The van der Waals surface area contributed by atoms with E-state index in [-0.39, 0.29) is 17.2 Å². The Kier molecular flexibility index (Phi) is 6.45. The van der Waals surface area contributed by atoms with E-state index in [1.807, 2.05) is 6.92 Å². The van der Waals surface area contributed by atoms with Crippen LogP contribution >= 0.6 is 0 Å². The number of amides is 1. The highest BCUT2D eigenvalue weighted by Crippen LogP contribution is 2.22. The number of hydrogen-bond acceptors (Lipinski definition) is 3. The van der Waals surface area contributed by atoms with Gasteiger partial charge < -0.3 is 15.2 Å². The highest BCUT2D eigenvalue weighted by Gasteiger charge is 2.15. The molecule has 1 aromatic rings. The summed E-state index contributed by atoms with van der Waals surface area (Å²) >= 11 is 0. The van der Waals surface area contributed by atoms with Crippen LogP contribution in [0.4, 0.5) is 4.39 Å². The molecule has 0 saturated heterocycles. The van der Waals surface area contributed by atoms with Crippen LogP contribution in [0, 0.1) is 5.82 Å². The third kappa shape index (κ3) is 4.81. The molecule has 4 nitrogen and oxygen atoms in total. The van der Waals surface area contributed by atoms with Crippen molar-refractivity contribution in [2.24, 2.45) is 0 Å². The summed E-state index contributed by atoms with van der Waals surface area (Å²) in [4.78, 5) is 11.7. The topological polar surface area (TPSA) is 58.6 Å². The molecule has 0 aromatic heterocycles. The Morgan fingerprint density at radius 3 is 2.70 bits per heavy atom. The quantitative estimate of drug-likeness (QED) is 0.756. The van der Waals surface area contributed by atoms with E-state index >= 15 is 0 Å². The number of unbranched alkanes of at least 4 members (excludes halogenated alkanes) is 1. The van der Waals surface area contributed by atoms with Crippen molar-refractivity contribution in [3.05, 3.63) is 29.6 Å². The number of rotatable bonds is 7. The van der Waals surface area contributed by atoms with Crippen molar-refractivity contribution in [2.45, 2.75) is 45.8 Å². The second-order valence-corrected chi connectivity index (χ2v) is 4.76. The Morgan fingerprint density at radius 1 is 1.45 bits per heavy atom. The van der Waals surface area contributed by atoms with Gasteiger partial charge in [-0.25, -0.2) is 4.39 Å². The minimum Gasteiger partial charge on any atom is -0.481 e. The second kappa shape index (κ2) is 7.85. The lowest BCUT2D eigenvalue weighted by atomic mass is 10.1. The summed E-state index contributed by atoms with van der Waals surface area (Å²) in [5.74, 6) is -0.500. The molecule has 0 saturated carbocycles. The first-order valence-corrected chi connectivity index (χ1v) is 6.87. The van der Waals surface area contributed by atoms with Gasteiger partial charge in [0.25, 0.3) is 5.91 Å². The summed E-state index contributed by atoms with van der Waals surface area (Å²) in [6.45, 7) is 5.75. The number of nitrogens with one attached hydrogen (secondary N) is 1. The third-order valence-electron chi connectivity index (χ3n) is 2.93. The number of benzene rings is 1. The summed E-state index contributed by atoms with van der Waals surface area (Å²) in [7, 11) is 0. The van der Waals surface area contributed by atoms with Gasteiger partial charge in [0, 0.05) is 18.2 Å². The lowest BCUT2D eigenvalue weighted by Gasteiger charge is -2.15. The molecule has 2 N–H and O–H groups in total. The monoisotopic (exact) mass is 283 g/mol. The lowest BCUT2D eigenvalue weighted by molar-refractivity contribution is -0.127. The highest BCUT2D eigenvalue weighted by molar-refractivity contribution is 5.80. The third-order valence-corrected chi connectivity index (χ3v) is 2.93. The van der Waals surface area contributed by atoms with E-state index in [9.17, 15) is 14.3 Å². The van der Waals surface area contributed by atoms with Crippen LogP contribution in [-0.4, -0.2) is 23.7 Å². The minimum atomic E-state index is -0.876. The molecular weight excluding hydrogens is 261 g/mol. The number of aliphatic hydroxyl groups is 1. The van der Waals surface area contributed by atoms with Crippen LogP contribution in [0.25, 0.3) is 0 Å². The van der Waals surface area contributed by atoms with E-state index in [1.54, 1.807) is 13.0 Å². The predicted molar refractivity (Wildman–Crippen MR) is 75.0 cm³/mol. The van der Waals surface area contributed by atoms with Gasteiger partial charge in [-0.3, -0.25) is 4.79 Å². The van der Waals surface area contributed by atoms with Crippen molar-refractivity contribution in [3.63, 3.8) is 0 Å². The van der Waals surface area contributed by atoms with E-state index in [1.165, 1.54) is 19.1 Å². The second-order valence-electron chi connectivity index (χ2n) is 4.76. The fourth-order valence-electron chi connectivity index (χ4n) is 1.71. The highest BCUT2D eigenvalue weighted by atomic mass is 19.1. The molecule has 1 rings (SSSR count). The fourth-order valence-corrected chi connectivity index (χ4v) is 1.71. The van der Waals surface area contributed by atoms with E-state index in [0.717, 1.165) is 12.8 Å². The number of ether oxygens (including phenoxy) is 1. The van der Waals surface area contributed by atoms with E-state index in [0.29, 0.717) is 6.54 Å². The van der Waals surface area contributed by atoms with Crippen molar-refractivity contribution in [3.8, 4) is 5.75 Å². The summed E-state index contributed by atoms with van der Waals surface area (Å²) in [5.41, 5.74) is 0.206. The molecule has 0 aliphatic heterocycles. The first-order chi connectivity index (χ1) is 9.45. The predicted octanol–water partition coefficient (Wildman–Crippen LogP) is 2.56. The maximum absolute atomic E-state index is 13.7. The average molecular weight is 283 g/mol. The van der Waals surface area contributed by atoms with Crippen molar-refractivity contribution in [1.29, 1.82) is 0 Å². The van der Waals surface area contributed by atoms with Crippen LogP contribution < -0.4 is 10.1 Å². The Balaban J connectivity index is 2.59. The average Bonchev–Trinajstić information content (AvgIpc) is 2.38. The van der Waals surface area contributed by atoms with E-state index in [2.05, 4.69) is 5.32 Å². The molecule has 0 aliphatic rings. The van der Waals surface area contributed by atoms with Crippen molar-refractivity contribution >= 4 is 5.91 Å². The number of carbonyl (C=O) groups excluding carboxylic acids is 1.